The van der Waals surface area contributed by atoms with Gasteiger partial charge in [0.1, 0.15) is 5.69 Å². The molecule has 1 aromatic carbocycles. The third-order valence-corrected chi connectivity index (χ3v) is 2.82. The molecule has 0 fully saturated rings. The van der Waals surface area contributed by atoms with Gasteiger partial charge in [0.15, 0.2) is 5.82 Å². The third-order valence-electron chi connectivity index (χ3n) is 2.82. The predicted octanol–water partition coefficient (Wildman–Crippen LogP) is 0.705. The van der Waals surface area contributed by atoms with Crippen LogP contribution in [0.1, 0.15) is 15.9 Å². The van der Waals surface area contributed by atoms with Crippen LogP contribution in [0.5, 0.6) is 0 Å². The Labute approximate surface area is 114 Å². The summed E-state index contributed by atoms with van der Waals surface area (Å²) in [7, 11) is 0. The zero-order valence-electron chi connectivity index (χ0n) is 10.6. The fourth-order valence-electron chi connectivity index (χ4n) is 1.81. The van der Waals surface area contributed by atoms with Crippen LogP contribution in [0.25, 0.3) is 0 Å². The highest BCUT2D eigenvalue weighted by Gasteiger charge is 2.09. The van der Waals surface area contributed by atoms with Crippen LogP contribution >= 0.6 is 0 Å². The van der Waals surface area contributed by atoms with Crippen molar-refractivity contribution < 1.29 is 9.90 Å². The van der Waals surface area contributed by atoms with Crippen molar-refractivity contribution >= 4 is 17.5 Å². The summed E-state index contributed by atoms with van der Waals surface area (Å²) in [4.78, 5) is 28.6. The van der Waals surface area contributed by atoms with Gasteiger partial charge in [-0.25, -0.2) is 9.78 Å². The van der Waals surface area contributed by atoms with E-state index in [1.54, 1.807) is 24.3 Å². The van der Waals surface area contributed by atoms with Crippen molar-refractivity contribution in [3.8, 4) is 0 Å². The molecule has 5 N–H and O–H groups in total. The van der Waals surface area contributed by atoms with Gasteiger partial charge in [-0.1, -0.05) is 18.2 Å². The van der Waals surface area contributed by atoms with E-state index in [2.05, 4.69) is 15.3 Å². The molecule has 0 saturated carbocycles. The van der Waals surface area contributed by atoms with Gasteiger partial charge in [-0.15, -0.1) is 0 Å². The second-order valence-electron chi connectivity index (χ2n) is 4.13. The lowest BCUT2D eigenvalue weighted by Crippen LogP contribution is -2.17. The highest BCUT2D eigenvalue weighted by Crippen LogP contribution is 2.11. The maximum Gasteiger partial charge on any atom is 0.335 e. The smallest absolute Gasteiger partial charge is 0.335 e. The highest BCUT2D eigenvalue weighted by molar-refractivity contribution is 5.89. The number of carboxylic acids is 1. The molecular formula is C13H14N4O3. The number of benzene rings is 1. The van der Waals surface area contributed by atoms with E-state index in [0.717, 1.165) is 0 Å². The standard InChI is InChI=1S/C13H14N4O3/c14-10-11(16-7-17-12(10)18)15-6-5-8-3-1-2-4-9(8)13(19)20/h1-4,7H,5-6,14H2,(H,19,20)(H2,15,16,17,18). The highest BCUT2D eigenvalue weighted by atomic mass is 16.4. The molecule has 104 valence electrons. The molecule has 0 atom stereocenters. The molecule has 0 aliphatic carbocycles. The first-order valence-electron chi connectivity index (χ1n) is 5.98. The van der Waals surface area contributed by atoms with Crippen LogP contribution in [0.2, 0.25) is 0 Å². The largest absolute Gasteiger partial charge is 0.478 e. The first-order valence-corrected chi connectivity index (χ1v) is 5.98. The minimum atomic E-state index is -0.964. The maximum absolute atomic E-state index is 11.3. The Morgan fingerprint density at radius 2 is 2.15 bits per heavy atom. The molecule has 2 aromatic rings. The Bertz CT molecular complexity index is 681. The molecule has 0 saturated heterocycles. The number of nitrogens with zero attached hydrogens (tertiary/aromatic N) is 1. The Morgan fingerprint density at radius 1 is 1.40 bits per heavy atom. The van der Waals surface area contributed by atoms with Crippen LogP contribution in [0.15, 0.2) is 35.4 Å². The summed E-state index contributed by atoms with van der Waals surface area (Å²) < 4.78 is 0. The fraction of sp³-hybridized carbons (Fsp3) is 0.154. The van der Waals surface area contributed by atoms with Gasteiger partial charge < -0.3 is 21.1 Å². The molecule has 0 bridgehead atoms. The summed E-state index contributed by atoms with van der Waals surface area (Å²) in [6.07, 6.45) is 1.74. The second kappa shape index (κ2) is 5.87. The van der Waals surface area contributed by atoms with Crippen LogP contribution < -0.4 is 16.6 Å². The number of aromatic carboxylic acids is 1. The maximum atomic E-state index is 11.3. The first-order chi connectivity index (χ1) is 9.59. The van der Waals surface area contributed by atoms with E-state index in [0.29, 0.717) is 24.3 Å². The Kier molecular flexibility index (Phi) is 3.99. The molecule has 0 radical (unpaired) electrons. The zero-order chi connectivity index (χ0) is 14.5. The molecule has 7 nitrogen and oxygen atoms in total. The number of nitrogen functional groups attached to an aromatic ring is 1. The molecular weight excluding hydrogens is 260 g/mol. The molecule has 1 heterocycles. The van der Waals surface area contributed by atoms with Gasteiger partial charge in [0.25, 0.3) is 5.56 Å². The molecule has 0 aliphatic heterocycles. The molecule has 0 spiro atoms. The van der Waals surface area contributed by atoms with Crippen molar-refractivity contribution in [1.82, 2.24) is 9.97 Å². The monoisotopic (exact) mass is 274 g/mol. The predicted molar refractivity (Wildman–Crippen MR) is 74.9 cm³/mol. The number of H-pyrrole nitrogens is 1. The van der Waals surface area contributed by atoms with Crippen LogP contribution in [0.4, 0.5) is 11.5 Å². The molecule has 1 aromatic heterocycles. The van der Waals surface area contributed by atoms with Crippen molar-refractivity contribution in [3.05, 3.63) is 52.1 Å². The van der Waals surface area contributed by atoms with Gasteiger partial charge in [0, 0.05) is 6.54 Å². The average molecular weight is 274 g/mol. The number of hydrogen-bond acceptors (Lipinski definition) is 5. The molecule has 7 heteroatoms. The van der Waals surface area contributed by atoms with Gasteiger partial charge in [-0.05, 0) is 18.1 Å². The van der Waals surface area contributed by atoms with Crippen LogP contribution in [0.3, 0.4) is 0 Å². The average Bonchev–Trinajstić information content (AvgIpc) is 2.44. The normalized spacial score (nSPS) is 10.2. The van der Waals surface area contributed by atoms with E-state index in [9.17, 15) is 9.59 Å². The number of nitrogens with two attached hydrogens (primary N) is 1. The van der Waals surface area contributed by atoms with E-state index in [4.69, 9.17) is 10.8 Å². The number of anilines is 2. The SMILES string of the molecule is Nc1c(NCCc2ccccc2C(=O)O)nc[nH]c1=O. The van der Waals surface area contributed by atoms with E-state index < -0.39 is 11.5 Å². The van der Waals surface area contributed by atoms with Crippen LogP contribution in [-0.2, 0) is 6.42 Å². The molecule has 2 rings (SSSR count). The number of nitrogens with one attached hydrogen (secondary N) is 2. The van der Waals surface area contributed by atoms with E-state index in [1.807, 2.05) is 0 Å². The summed E-state index contributed by atoms with van der Waals surface area (Å²) in [5.74, 6) is -0.670. The van der Waals surface area contributed by atoms with E-state index >= 15 is 0 Å². The third kappa shape index (κ3) is 2.94. The first kappa shape index (κ1) is 13.6. The van der Waals surface area contributed by atoms with Gasteiger partial charge in [0.2, 0.25) is 0 Å². The van der Waals surface area contributed by atoms with Crippen molar-refractivity contribution in [1.29, 1.82) is 0 Å². The van der Waals surface area contributed by atoms with Gasteiger partial charge in [0.05, 0.1) is 11.9 Å². The zero-order valence-corrected chi connectivity index (χ0v) is 10.6. The van der Waals surface area contributed by atoms with Crippen LogP contribution in [-0.4, -0.2) is 27.6 Å². The van der Waals surface area contributed by atoms with Crippen molar-refractivity contribution in [2.24, 2.45) is 0 Å². The van der Waals surface area contributed by atoms with Crippen molar-refractivity contribution in [2.75, 3.05) is 17.6 Å². The number of aromatic nitrogens is 2. The summed E-state index contributed by atoms with van der Waals surface area (Å²) in [6.45, 7) is 0.422. The number of carbonyl (C=O) groups is 1. The minimum Gasteiger partial charge on any atom is -0.478 e. The summed E-state index contributed by atoms with van der Waals surface area (Å²) in [5, 5.41) is 12.0. The van der Waals surface area contributed by atoms with E-state index in [-0.39, 0.29) is 11.3 Å². The van der Waals surface area contributed by atoms with Crippen molar-refractivity contribution in [3.63, 3.8) is 0 Å². The number of carboxylic acid groups (broad SMARTS) is 1. The Morgan fingerprint density at radius 3 is 2.90 bits per heavy atom. The lowest BCUT2D eigenvalue weighted by atomic mass is 10.0. The Balaban J connectivity index is 2.05. The molecule has 20 heavy (non-hydrogen) atoms. The van der Waals surface area contributed by atoms with Crippen molar-refractivity contribution in [2.45, 2.75) is 6.42 Å². The minimum absolute atomic E-state index is 0.0130. The number of hydrogen-bond donors (Lipinski definition) is 4. The summed E-state index contributed by atoms with van der Waals surface area (Å²) in [5.41, 5.74) is 6.15. The van der Waals surface area contributed by atoms with E-state index in [1.165, 1.54) is 6.33 Å². The van der Waals surface area contributed by atoms with Gasteiger partial charge in [-0.3, -0.25) is 4.79 Å². The quantitative estimate of drug-likeness (QED) is 0.637. The molecule has 0 aliphatic rings. The topological polar surface area (TPSA) is 121 Å². The summed E-state index contributed by atoms with van der Waals surface area (Å²) in [6, 6.07) is 6.76. The van der Waals surface area contributed by atoms with Gasteiger partial charge >= 0.3 is 5.97 Å². The Hall–Kier alpha value is -2.83. The lowest BCUT2D eigenvalue weighted by molar-refractivity contribution is 0.0695. The molecule has 0 amide bonds. The summed E-state index contributed by atoms with van der Waals surface area (Å²) >= 11 is 0. The number of aromatic amines is 1. The lowest BCUT2D eigenvalue weighted by Gasteiger charge is -2.08. The molecule has 0 unspecified atom stereocenters. The number of rotatable bonds is 5. The van der Waals surface area contributed by atoms with Crippen LogP contribution in [0, 0.1) is 0 Å². The fourth-order valence-corrected chi connectivity index (χ4v) is 1.81. The van der Waals surface area contributed by atoms with Gasteiger partial charge in [-0.2, -0.15) is 0 Å². The second-order valence-corrected chi connectivity index (χ2v) is 4.13.